The Morgan fingerprint density at radius 2 is 2.33 bits per heavy atom. The van der Waals surface area contributed by atoms with Crippen LogP contribution in [-0.4, -0.2) is 50.1 Å². The molecule has 2 N–H and O–H groups in total. The number of nitrogens with zero attached hydrogens (tertiary/aromatic N) is 2. The van der Waals surface area contributed by atoms with E-state index in [0.29, 0.717) is 6.04 Å². The molecule has 0 aromatic heterocycles. The summed E-state index contributed by atoms with van der Waals surface area (Å²) in [6.45, 7) is 12.4. The lowest BCUT2D eigenvalue weighted by Gasteiger charge is -2.35. The Morgan fingerprint density at radius 3 is 2.94 bits per heavy atom. The number of rotatable bonds is 5. The van der Waals surface area contributed by atoms with Crippen molar-refractivity contribution in [1.82, 2.24) is 15.5 Å². The molecule has 2 unspecified atom stereocenters. The van der Waals surface area contributed by atoms with Crippen LogP contribution in [0.15, 0.2) is 17.6 Å². The summed E-state index contributed by atoms with van der Waals surface area (Å²) in [5.74, 6) is 1.69. The molecule has 0 bridgehead atoms. The molecule has 4 nitrogen and oxygen atoms in total. The van der Waals surface area contributed by atoms with Crippen molar-refractivity contribution in [2.75, 3.05) is 33.2 Å². The highest BCUT2D eigenvalue weighted by Crippen LogP contribution is 2.17. The highest BCUT2D eigenvalue weighted by molar-refractivity contribution is 5.79. The molecule has 0 saturated carbocycles. The predicted octanol–water partition coefficient (Wildman–Crippen LogP) is 1.46. The lowest BCUT2D eigenvalue weighted by atomic mass is 9.99. The summed E-state index contributed by atoms with van der Waals surface area (Å²) in [5.41, 5.74) is 0. The predicted molar refractivity (Wildman–Crippen MR) is 79.0 cm³/mol. The van der Waals surface area contributed by atoms with Crippen molar-refractivity contribution in [1.29, 1.82) is 0 Å². The molecule has 1 fully saturated rings. The third kappa shape index (κ3) is 5.08. The maximum absolute atomic E-state index is 4.19. The average Bonchev–Trinajstić information content (AvgIpc) is 2.38. The van der Waals surface area contributed by atoms with Gasteiger partial charge in [-0.1, -0.05) is 13.0 Å². The van der Waals surface area contributed by atoms with Gasteiger partial charge in [0.2, 0.25) is 0 Å². The maximum Gasteiger partial charge on any atom is 0.191 e. The van der Waals surface area contributed by atoms with Gasteiger partial charge in [-0.15, -0.1) is 6.58 Å². The van der Waals surface area contributed by atoms with Crippen LogP contribution in [0.3, 0.4) is 0 Å². The summed E-state index contributed by atoms with van der Waals surface area (Å²) < 4.78 is 0. The van der Waals surface area contributed by atoms with E-state index in [4.69, 9.17) is 0 Å². The molecule has 18 heavy (non-hydrogen) atoms. The van der Waals surface area contributed by atoms with Gasteiger partial charge in [0.15, 0.2) is 5.96 Å². The van der Waals surface area contributed by atoms with Crippen molar-refractivity contribution in [3.05, 3.63) is 12.7 Å². The first-order valence-electron chi connectivity index (χ1n) is 6.96. The highest BCUT2D eigenvalue weighted by Gasteiger charge is 2.20. The van der Waals surface area contributed by atoms with E-state index in [1.54, 1.807) is 7.05 Å². The molecule has 2 atom stereocenters. The lowest BCUT2D eigenvalue weighted by Crippen LogP contribution is -2.48. The third-order valence-electron chi connectivity index (χ3n) is 3.51. The summed E-state index contributed by atoms with van der Waals surface area (Å²) in [6.07, 6.45) is 4.54. The number of nitrogens with one attached hydrogen (secondary N) is 2. The fourth-order valence-corrected chi connectivity index (χ4v) is 2.39. The SMILES string of the molecule is C=CCNC(=NC)NCC(C)N1CCCC(C)C1. The second kappa shape index (κ2) is 8.14. The quantitative estimate of drug-likeness (QED) is 0.442. The van der Waals surface area contributed by atoms with E-state index in [-0.39, 0.29) is 0 Å². The molecular weight excluding hydrogens is 224 g/mol. The van der Waals surface area contributed by atoms with Crippen LogP contribution in [0.4, 0.5) is 0 Å². The van der Waals surface area contributed by atoms with Crippen LogP contribution >= 0.6 is 0 Å². The smallest absolute Gasteiger partial charge is 0.191 e. The summed E-state index contributed by atoms with van der Waals surface area (Å²) >= 11 is 0. The fraction of sp³-hybridized carbons (Fsp3) is 0.786. The van der Waals surface area contributed by atoms with E-state index < -0.39 is 0 Å². The first-order chi connectivity index (χ1) is 8.67. The molecular formula is C14H28N4. The van der Waals surface area contributed by atoms with E-state index in [1.807, 2.05) is 6.08 Å². The third-order valence-corrected chi connectivity index (χ3v) is 3.51. The van der Waals surface area contributed by atoms with E-state index in [0.717, 1.165) is 25.0 Å². The van der Waals surface area contributed by atoms with Crippen LogP contribution in [0.5, 0.6) is 0 Å². The van der Waals surface area contributed by atoms with Crippen LogP contribution in [0.2, 0.25) is 0 Å². The van der Waals surface area contributed by atoms with Gasteiger partial charge in [0.05, 0.1) is 0 Å². The van der Waals surface area contributed by atoms with E-state index in [1.165, 1.54) is 25.9 Å². The van der Waals surface area contributed by atoms with Gasteiger partial charge >= 0.3 is 0 Å². The van der Waals surface area contributed by atoms with Crippen molar-refractivity contribution in [2.45, 2.75) is 32.7 Å². The molecule has 0 radical (unpaired) electrons. The van der Waals surface area contributed by atoms with E-state index in [2.05, 4.69) is 41.0 Å². The van der Waals surface area contributed by atoms with Gasteiger partial charge in [-0.25, -0.2) is 0 Å². The first kappa shape index (κ1) is 15.0. The Kier molecular flexibility index (Phi) is 6.80. The number of guanidine groups is 1. The Hall–Kier alpha value is -1.03. The molecule has 104 valence electrons. The molecule has 1 aliphatic rings. The number of hydrogen-bond donors (Lipinski definition) is 2. The molecule has 4 heteroatoms. The number of aliphatic imine (C=N–C) groups is 1. The van der Waals surface area contributed by atoms with Gasteiger partial charge in [-0.2, -0.15) is 0 Å². The van der Waals surface area contributed by atoms with Gasteiger partial charge < -0.3 is 10.6 Å². The number of likely N-dealkylation sites (tertiary alicyclic amines) is 1. The summed E-state index contributed by atoms with van der Waals surface area (Å²) in [6, 6.07) is 0.551. The number of hydrogen-bond acceptors (Lipinski definition) is 2. The fourth-order valence-electron chi connectivity index (χ4n) is 2.39. The second-order valence-electron chi connectivity index (χ2n) is 5.21. The molecule has 1 heterocycles. The highest BCUT2D eigenvalue weighted by atomic mass is 15.2. The minimum absolute atomic E-state index is 0.551. The topological polar surface area (TPSA) is 39.7 Å². The molecule has 0 spiro atoms. The molecule has 0 amide bonds. The van der Waals surface area contributed by atoms with Crippen LogP contribution in [-0.2, 0) is 0 Å². The van der Waals surface area contributed by atoms with Gasteiger partial charge in [0, 0.05) is 32.7 Å². The van der Waals surface area contributed by atoms with Gasteiger partial charge in [-0.05, 0) is 32.2 Å². The second-order valence-corrected chi connectivity index (χ2v) is 5.21. The van der Waals surface area contributed by atoms with Crippen molar-refractivity contribution in [3.8, 4) is 0 Å². The molecule has 1 rings (SSSR count). The van der Waals surface area contributed by atoms with Gasteiger partial charge in [0.25, 0.3) is 0 Å². The Balaban J connectivity index is 2.30. The lowest BCUT2D eigenvalue weighted by molar-refractivity contribution is 0.139. The van der Waals surface area contributed by atoms with Crippen LogP contribution in [0, 0.1) is 5.92 Å². The first-order valence-corrected chi connectivity index (χ1v) is 6.96. The zero-order chi connectivity index (χ0) is 13.4. The summed E-state index contributed by atoms with van der Waals surface area (Å²) in [5, 5.41) is 6.55. The summed E-state index contributed by atoms with van der Waals surface area (Å²) in [4.78, 5) is 6.76. The van der Waals surface area contributed by atoms with Crippen molar-refractivity contribution >= 4 is 5.96 Å². The Labute approximate surface area is 112 Å². The minimum Gasteiger partial charge on any atom is -0.355 e. The van der Waals surface area contributed by atoms with Crippen LogP contribution in [0.25, 0.3) is 0 Å². The molecule has 1 aliphatic heterocycles. The van der Waals surface area contributed by atoms with E-state index in [9.17, 15) is 0 Å². The monoisotopic (exact) mass is 252 g/mol. The van der Waals surface area contributed by atoms with Crippen molar-refractivity contribution < 1.29 is 0 Å². The van der Waals surface area contributed by atoms with Crippen LogP contribution in [0.1, 0.15) is 26.7 Å². The minimum atomic E-state index is 0.551. The molecule has 0 aliphatic carbocycles. The normalized spacial score (nSPS) is 23.5. The largest absolute Gasteiger partial charge is 0.355 e. The summed E-state index contributed by atoms with van der Waals surface area (Å²) in [7, 11) is 1.80. The van der Waals surface area contributed by atoms with Gasteiger partial charge in [-0.3, -0.25) is 9.89 Å². The van der Waals surface area contributed by atoms with Crippen LogP contribution < -0.4 is 10.6 Å². The molecule has 0 aromatic rings. The van der Waals surface area contributed by atoms with E-state index >= 15 is 0 Å². The Bertz CT molecular complexity index is 275. The van der Waals surface area contributed by atoms with Crippen molar-refractivity contribution in [3.63, 3.8) is 0 Å². The number of piperidine rings is 1. The maximum atomic E-state index is 4.19. The standard InChI is InChI=1S/C14H28N4/c1-5-8-16-14(15-4)17-10-13(3)18-9-6-7-12(2)11-18/h5,12-13H,1,6-11H2,2-4H3,(H2,15,16,17). The zero-order valence-corrected chi connectivity index (χ0v) is 12.1. The molecule has 1 saturated heterocycles. The molecule has 0 aromatic carbocycles. The Morgan fingerprint density at radius 1 is 1.56 bits per heavy atom. The van der Waals surface area contributed by atoms with Gasteiger partial charge in [0.1, 0.15) is 0 Å². The average molecular weight is 252 g/mol. The van der Waals surface area contributed by atoms with Crippen molar-refractivity contribution in [2.24, 2.45) is 10.9 Å². The zero-order valence-electron chi connectivity index (χ0n) is 12.1.